The second kappa shape index (κ2) is 5.41. The van der Waals surface area contributed by atoms with Crippen LogP contribution >= 0.6 is 11.6 Å². The molecule has 6 heteroatoms. The van der Waals surface area contributed by atoms with Gasteiger partial charge in [-0.05, 0) is 25.3 Å². The first-order valence-corrected chi connectivity index (χ1v) is 7.27. The first-order chi connectivity index (χ1) is 10.1. The van der Waals surface area contributed by atoms with Crippen LogP contribution in [-0.2, 0) is 4.79 Å². The van der Waals surface area contributed by atoms with Gasteiger partial charge in [-0.25, -0.2) is 4.79 Å². The first kappa shape index (κ1) is 13.9. The Morgan fingerprint density at radius 2 is 2.05 bits per heavy atom. The monoisotopic (exact) mass is 306 g/mol. The van der Waals surface area contributed by atoms with E-state index in [0.29, 0.717) is 18.0 Å². The van der Waals surface area contributed by atoms with Crippen LogP contribution in [0.1, 0.15) is 29.8 Å². The van der Waals surface area contributed by atoms with Crippen molar-refractivity contribution in [3.05, 3.63) is 35.0 Å². The highest BCUT2D eigenvalue weighted by molar-refractivity contribution is 6.38. The third-order valence-corrected chi connectivity index (χ3v) is 4.30. The zero-order valence-electron chi connectivity index (χ0n) is 11.3. The van der Waals surface area contributed by atoms with E-state index in [1.807, 2.05) is 24.3 Å². The van der Waals surface area contributed by atoms with Crippen LogP contribution in [0.3, 0.4) is 0 Å². The minimum atomic E-state index is -0.963. The van der Waals surface area contributed by atoms with Crippen molar-refractivity contribution in [3.63, 3.8) is 0 Å². The molecule has 3 rings (SSSR count). The number of hydrogen-bond donors (Lipinski definition) is 2. The summed E-state index contributed by atoms with van der Waals surface area (Å²) in [6.45, 7) is 0.446. The molecule has 1 aromatic carbocycles. The average Bonchev–Trinajstić information content (AvgIpc) is 2.84. The maximum Gasteiger partial charge on any atom is 0.326 e. The lowest BCUT2D eigenvalue weighted by molar-refractivity contribution is -0.143. The largest absolute Gasteiger partial charge is 0.480 e. The maximum absolute atomic E-state index is 12.7. The molecule has 2 N–H and O–H groups in total. The number of hydrogen-bond acceptors (Lipinski definition) is 2. The van der Waals surface area contributed by atoms with Crippen molar-refractivity contribution in [1.29, 1.82) is 0 Å². The summed E-state index contributed by atoms with van der Waals surface area (Å²) in [5, 5.41) is 10.4. The van der Waals surface area contributed by atoms with E-state index in [2.05, 4.69) is 4.98 Å². The molecule has 0 aliphatic carbocycles. The van der Waals surface area contributed by atoms with Crippen LogP contribution < -0.4 is 0 Å². The number of carboxylic acid groups (broad SMARTS) is 1. The fraction of sp³-hybridized carbons (Fsp3) is 0.333. The first-order valence-electron chi connectivity index (χ1n) is 6.89. The number of rotatable bonds is 2. The van der Waals surface area contributed by atoms with Crippen molar-refractivity contribution in [2.75, 3.05) is 6.54 Å². The Balaban J connectivity index is 1.99. The van der Waals surface area contributed by atoms with E-state index < -0.39 is 12.0 Å². The molecule has 2 aromatic rings. The number of para-hydroxylation sites is 1. The van der Waals surface area contributed by atoms with Gasteiger partial charge in [-0.15, -0.1) is 0 Å². The molecule has 1 unspecified atom stereocenters. The van der Waals surface area contributed by atoms with E-state index in [0.717, 1.165) is 23.7 Å². The molecule has 1 aromatic heterocycles. The molecule has 1 amide bonds. The number of H-pyrrole nitrogens is 1. The Kier molecular flexibility index (Phi) is 3.59. The van der Waals surface area contributed by atoms with Crippen LogP contribution in [-0.4, -0.2) is 39.5 Å². The Labute approximate surface area is 126 Å². The molecule has 21 heavy (non-hydrogen) atoms. The highest BCUT2D eigenvalue weighted by Crippen LogP contribution is 2.29. The Hall–Kier alpha value is -2.01. The van der Waals surface area contributed by atoms with E-state index in [1.165, 1.54) is 4.90 Å². The fourth-order valence-corrected chi connectivity index (χ4v) is 3.12. The van der Waals surface area contributed by atoms with Crippen molar-refractivity contribution in [3.8, 4) is 0 Å². The van der Waals surface area contributed by atoms with Gasteiger partial charge in [0.1, 0.15) is 11.7 Å². The Morgan fingerprint density at radius 1 is 1.29 bits per heavy atom. The summed E-state index contributed by atoms with van der Waals surface area (Å²) < 4.78 is 0. The summed E-state index contributed by atoms with van der Waals surface area (Å²) in [4.78, 5) is 28.4. The predicted molar refractivity (Wildman–Crippen MR) is 79.6 cm³/mol. The van der Waals surface area contributed by atoms with E-state index in [1.54, 1.807) is 0 Å². The van der Waals surface area contributed by atoms with E-state index in [-0.39, 0.29) is 11.6 Å². The third kappa shape index (κ3) is 2.38. The van der Waals surface area contributed by atoms with Crippen molar-refractivity contribution in [2.45, 2.75) is 25.3 Å². The summed E-state index contributed by atoms with van der Waals surface area (Å²) >= 11 is 6.27. The number of aromatic amines is 1. The van der Waals surface area contributed by atoms with Crippen LogP contribution in [0.25, 0.3) is 10.9 Å². The lowest BCUT2D eigenvalue weighted by atomic mass is 10.0. The summed E-state index contributed by atoms with van der Waals surface area (Å²) in [7, 11) is 0. The van der Waals surface area contributed by atoms with Crippen molar-refractivity contribution >= 4 is 34.4 Å². The smallest absolute Gasteiger partial charge is 0.326 e. The number of aliphatic carboxylic acids is 1. The Bertz CT molecular complexity index is 710. The number of benzene rings is 1. The van der Waals surface area contributed by atoms with Gasteiger partial charge in [0.15, 0.2) is 0 Å². The number of halogens is 1. The highest BCUT2D eigenvalue weighted by atomic mass is 35.5. The van der Waals surface area contributed by atoms with E-state index in [9.17, 15) is 14.7 Å². The number of carbonyl (C=O) groups excluding carboxylic acids is 1. The summed E-state index contributed by atoms with van der Waals surface area (Å²) in [6, 6.07) is 6.59. The van der Waals surface area contributed by atoms with Crippen LogP contribution in [0.5, 0.6) is 0 Å². The van der Waals surface area contributed by atoms with Crippen molar-refractivity contribution in [1.82, 2.24) is 9.88 Å². The van der Waals surface area contributed by atoms with Crippen molar-refractivity contribution in [2.24, 2.45) is 0 Å². The Morgan fingerprint density at radius 3 is 2.76 bits per heavy atom. The van der Waals surface area contributed by atoms with Crippen LogP contribution in [0.15, 0.2) is 24.3 Å². The minimum absolute atomic E-state index is 0.269. The molecule has 0 saturated carbocycles. The topological polar surface area (TPSA) is 73.4 Å². The lowest BCUT2D eigenvalue weighted by Crippen LogP contribution is -2.48. The molecule has 1 aliphatic heterocycles. The molecule has 1 aliphatic rings. The SMILES string of the molecule is O=C(O)C1CCCCN1C(=O)c1[nH]c2ccccc2c1Cl. The number of nitrogens with one attached hydrogen (secondary N) is 1. The zero-order chi connectivity index (χ0) is 15.0. The minimum Gasteiger partial charge on any atom is -0.480 e. The second-order valence-electron chi connectivity index (χ2n) is 5.21. The number of fused-ring (bicyclic) bond motifs is 1. The lowest BCUT2D eigenvalue weighted by Gasteiger charge is -2.32. The molecule has 1 fully saturated rings. The van der Waals surface area contributed by atoms with Gasteiger partial charge < -0.3 is 15.0 Å². The molecule has 0 bridgehead atoms. The van der Waals surface area contributed by atoms with E-state index in [4.69, 9.17) is 11.6 Å². The second-order valence-corrected chi connectivity index (χ2v) is 5.59. The number of nitrogens with zero attached hydrogens (tertiary/aromatic N) is 1. The van der Waals surface area contributed by atoms with Gasteiger partial charge in [0.25, 0.3) is 5.91 Å². The van der Waals surface area contributed by atoms with Crippen molar-refractivity contribution < 1.29 is 14.7 Å². The zero-order valence-corrected chi connectivity index (χ0v) is 12.1. The number of carbonyl (C=O) groups is 2. The van der Waals surface area contributed by atoms with Gasteiger partial charge in [0.2, 0.25) is 0 Å². The normalized spacial score (nSPS) is 18.9. The number of carboxylic acids is 1. The molecule has 110 valence electrons. The molecule has 1 atom stereocenters. The third-order valence-electron chi connectivity index (χ3n) is 3.91. The molecular weight excluding hydrogens is 292 g/mol. The number of piperidine rings is 1. The van der Waals surface area contributed by atoms with Crippen LogP contribution in [0, 0.1) is 0 Å². The molecule has 0 radical (unpaired) electrons. The van der Waals surface area contributed by atoms with Gasteiger partial charge in [-0.3, -0.25) is 4.79 Å². The quantitative estimate of drug-likeness (QED) is 0.896. The van der Waals surface area contributed by atoms with Gasteiger partial charge in [0.05, 0.1) is 5.02 Å². The molecular formula is C15H15ClN2O3. The van der Waals surface area contributed by atoms with E-state index >= 15 is 0 Å². The summed E-state index contributed by atoms with van der Waals surface area (Å²) in [5.41, 5.74) is 1.04. The summed E-state index contributed by atoms with van der Waals surface area (Å²) in [6.07, 6.45) is 2.12. The summed E-state index contributed by atoms with van der Waals surface area (Å²) in [5.74, 6) is -1.31. The van der Waals surface area contributed by atoms with Crippen LogP contribution in [0.2, 0.25) is 5.02 Å². The molecule has 2 heterocycles. The number of likely N-dealkylation sites (tertiary alicyclic amines) is 1. The maximum atomic E-state index is 12.7. The number of aromatic nitrogens is 1. The van der Waals surface area contributed by atoms with Gasteiger partial charge in [0, 0.05) is 17.4 Å². The molecule has 0 spiro atoms. The standard InChI is InChI=1S/C15H15ClN2O3/c16-12-9-5-1-2-6-10(9)17-13(12)14(19)18-8-4-3-7-11(18)15(20)21/h1-2,5-6,11,17H,3-4,7-8H2,(H,20,21). The fourth-order valence-electron chi connectivity index (χ4n) is 2.83. The highest BCUT2D eigenvalue weighted by Gasteiger charge is 2.34. The number of amides is 1. The molecule has 1 saturated heterocycles. The molecule has 5 nitrogen and oxygen atoms in total. The van der Waals surface area contributed by atoms with Gasteiger partial charge in [-0.2, -0.15) is 0 Å². The predicted octanol–water partition coefficient (Wildman–Crippen LogP) is 2.90. The van der Waals surface area contributed by atoms with Gasteiger partial charge >= 0.3 is 5.97 Å². The van der Waals surface area contributed by atoms with Gasteiger partial charge in [-0.1, -0.05) is 29.8 Å². The average molecular weight is 307 g/mol. The van der Waals surface area contributed by atoms with Crippen LogP contribution in [0.4, 0.5) is 0 Å².